The number of imide groups is 1. The summed E-state index contributed by atoms with van der Waals surface area (Å²) in [5, 5.41) is 10.5. The number of carbonyl (C=O) groups excluding carboxylic acids is 2. The first-order chi connectivity index (χ1) is 8.11. The van der Waals surface area contributed by atoms with E-state index >= 15 is 0 Å². The van der Waals surface area contributed by atoms with Gasteiger partial charge in [0.05, 0.1) is 23.7 Å². The SMILES string of the molecule is O=C1CSCC(=O)N1CC1(O)CCCCCC1. The predicted molar refractivity (Wildman–Crippen MR) is 66.7 cm³/mol. The van der Waals surface area contributed by atoms with Gasteiger partial charge in [-0.3, -0.25) is 14.5 Å². The van der Waals surface area contributed by atoms with Crippen LogP contribution in [0.3, 0.4) is 0 Å². The number of aliphatic hydroxyl groups is 1. The zero-order chi connectivity index (χ0) is 12.3. The van der Waals surface area contributed by atoms with Crippen LogP contribution in [-0.2, 0) is 9.59 Å². The van der Waals surface area contributed by atoms with Gasteiger partial charge in [0.25, 0.3) is 0 Å². The highest BCUT2D eigenvalue weighted by molar-refractivity contribution is 8.00. The Kier molecular flexibility index (Phi) is 4.09. The van der Waals surface area contributed by atoms with Crippen molar-refractivity contribution in [1.29, 1.82) is 0 Å². The molecule has 0 spiro atoms. The van der Waals surface area contributed by atoms with Crippen molar-refractivity contribution in [3.63, 3.8) is 0 Å². The molecule has 17 heavy (non-hydrogen) atoms. The molecule has 2 aliphatic rings. The Balaban J connectivity index is 2.02. The first-order valence-electron chi connectivity index (χ1n) is 6.24. The molecule has 0 aromatic rings. The van der Waals surface area contributed by atoms with Crippen LogP contribution in [0.2, 0.25) is 0 Å². The van der Waals surface area contributed by atoms with Gasteiger partial charge >= 0.3 is 0 Å². The van der Waals surface area contributed by atoms with Crippen LogP contribution in [-0.4, -0.2) is 45.5 Å². The van der Waals surface area contributed by atoms with Gasteiger partial charge in [-0.05, 0) is 12.8 Å². The molecule has 0 bridgehead atoms. The summed E-state index contributed by atoms with van der Waals surface area (Å²) >= 11 is 1.36. The van der Waals surface area contributed by atoms with Gasteiger partial charge in [0.2, 0.25) is 11.8 Å². The van der Waals surface area contributed by atoms with E-state index in [9.17, 15) is 14.7 Å². The molecule has 1 saturated heterocycles. The third-order valence-corrected chi connectivity index (χ3v) is 4.44. The molecule has 0 aromatic carbocycles. The van der Waals surface area contributed by atoms with Crippen LogP contribution in [0.4, 0.5) is 0 Å². The van der Waals surface area contributed by atoms with E-state index in [0.29, 0.717) is 24.3 Å². The van der Waals surface area contributed by atoms with Crippen molar-refractivity contribution in [2.24, 2.45) is 0 Å². The molecule has 0 radical (unpaired) electrons. The summed E-state index contributed by atoms with van der Waals surface area (Å²) in [4.78, 5) is 24.6. The summed E-state index contributed by atoms with van der Waals surface area (Å²) in [6.07, 6.45) is 5.66. The number of rotatable bonds is 2. The average Bonchev–Trinajstić information content (AvgIpc) is 2.49. The maximum atomic E-state index is 11.7. The molecule has 1 N–H and O–H groups in total. The van der Waals surface area contributed by atoms with Gasteiger partial charge in [0, 0.05) is 0 Å². The van der Waals surface area contributed by atoms with Crippen LogP contribution in [0.5, 0.6) is 0 Å². The second kappa shape index (κ2) is 5.40. The van der Waals surface area contributed by atoms with Crippen LogP contribution in [0.25, 0.3) is 0 Å². The number of carbonyl (C=O) groups is 2. The molecule has 1 saturated carbocycles. The Labute approximate surface area is 106 Å². The third-order valence-electron chi connectivity index (χ3n) is 3.54. The molecule has 1 aliphatic heterocycles. The first-order valence-corrected chi connectivity index (χ1v) is 7.40. The molecule has 1 aliphatic carbocycles. The maximum absolute atomic E-state index is 11.7. The largest absolute Gasteiger partial charge is 0.388 e. The zero-order valence-corrected chi connectivity index (χ0v) is 10.8. The molecule has 96 valence electrons. The molecule has 1 heterocycles. The minimum atomic E-state index is -0.843. The lowest BCUT2D eigenvalue weighted by Crippen LogP contribution is -2.51. The molecule has 0 atom stereocenters. The Bertz CT molecular complexity index is 295. The van der Waals surface area contributed by atoms with Gasteiger partial charge in [-0.2, -0.15) is 0 Å². The standard InChI is InChI=1S/C12H19NO3S/c14-10-7-17-8-11(15)13(10)9-12(16)5-3-1-2-4-6-12/h16H,1-9H2. The van der Waals surface area contributed by atoms with Crippen LogP contribution in [0, 0.1) is 0 Å². The predicted octanol–water partition coefficient (Wildman–Crippen LogP) is 1.17. The molecule has 0 aromatic heterocycles. The molecule has 0 unspecified atom stereocenters. The number of nitrogens with zero attached hydrogens (tertiary/aromatic N) is 1. The highest BCUT2D eigenvalue weighted by atomic mass is 32.2. The maximum Gasteiger partial charge on any atom is 0.239 e. The van der Waals surface area contributed by atoms with Crippen molar-refractivity contribution in [2.45, 2.75) is 44.1 Å². The van der Waals surface area contributed by atoms with Crippen molar-refractivity contribution in [2.75, 3.05) is 18.1 Å². The summed E-state index contributed by atoms with van der Waals surface area (Å²) in [6, 6.07) is 0. The summed E-state index contributed by atoms with van der Waals surface area (Å²) < 4.78 is 0. The minimum absolute atomic E-state index is 0.149. The monoisotopic (exact) mass is 257 g/mol. The molecule has 2 fully saturated rings. The van der Waals surface area contributed by atoms with Gasteiger partial charge in [-0.25, -0.2) is 0 Å². The lowest BCUT2D eigenvalue weighted by molar-refractivity contribution is -0.146. The Morgan fingerprint density at radius 3 is 2.12 bits per heavy atom. The number of amides is 2. The van der Waals surface area contributed by atoms with Gasteiger partial charge in [-0.1, -0.05) is 25.7 Å². The number of β-amino-alcohol motifs (C(OH)–C–C–N with tert-alkyl or cyclic N) is 1. The van der Waals surface area contributed by atoms with Crippen LogP contribution in [0.1, 0.15) is 38.5 Å². The van der Waals surface area contributed by atoms with Crippen molar-refractivity contribution in [1.82, 2.24) is 4.90 Å². The van der Waals surface area contributed by atoms with E-state index in [2.05, 4.69) is 0 Å². The van der Waals surface area contributed by atoms with Crippen LogP contribution < -0.4 is 0 Å². The van der Waals surface area contributed by atoms with Gasteiger partial charge in [-0.15, -0.1) is 11.8 Å². The molecule has 2 amide bonds. The molecule has 5 heteroatoms. The summed E-state index contributed by atoms with van der Waals surface area (Å²) in [7, 11) is 0. The second-order valence-electron chi connectivity index (χ2n) is 5.00. The van der Waals surface area contributed by atoms with Crippen LogP contribution >= 0.6 is 11.8 Å². The fourth-order valence-electron chi connectivity index (χ4n) is 2.54. The fraction of sp³-hybridized carbons (Fsp3) is 0.833. The molecule has 2 rings (SSSR count). The van der Waals surface area contributed by atoms with Crippen LogP contribution in [0.15, 0.2) is 0 Å². The first kappa shape index (κ1) is 12.9. The Morgan fingerprint density at radius 1 is 1.06 bits per heavy atom. The topological polar surface area (TPSA) is 57.6 Å². The van der Waals surface area contributed by atoms with E-state index in [-0.39, 0.29) is 18.4 Å². The molecular formula is C12H19NO3S. The second-order valence-corrected chi connectivity index (χ2v) is 5.99. The van der Waals surface area contributed by atoms with E-state index in [0.717, 1.165) is 25.7 Å². The lowest BCUT2D eigenvalue weighted by atomic mass is 9.94. The summed E-state index contributed by atoms with van der Waals surface area (Å²) in [5.74, 6) is 0.428. The van der Waals surface area contributed by atoms with Crippen molar-refractivity contribution >= 4 is 23.6 Å². The average molecular weight is 257 g/mol. The number of hydrogen-bond donors (Lipinski definition) is 1. The third kappa shape index (κ3) is 3.22. The normalized spacial score (nSPS) is 25.8. The number of hydrogen-bond acceptors (Lipinski definition) is 4. The van der Waals surface area contributed by atoms with Crippen molar-refractivity contribution < 1.29 is 14.7 Å². The van der Waals surface area contributed by atoms with Gasteiger partial charge in [0.15, 0.2) is 0 Å². The summed E-state index contributed by atoms with van der Waals surface area (Å²) in [6.45, 7) is 0.200. The smallest absolute Gasteiger partial charge is 0.239 e. The number of thioether (sulfide) groups is 1. The zero-order valence-electron chi connectivity index (χ0n) is 9.98. The fourth-order valence-corrected chi connectivity index (χ4v) is 3.30. The van der Waals surface area contributed by atoms with Gasteiger partial charge in [0.1, 0.15) is 0 Å². The van der Waals surface area contributed by atoms with E-state index in [1.807, 2.05) is 0 Å². The highest BCUT2D eigenvalue weighted by Crippen LogP contribution is 2.29. The van der Waals surface area contributed by atoms with Gasteiger partial charge < -0.3 is 5.11 Å². The lowest BCUT2D eigenvalue weighted by Gasteiger charge is -2.34. The van der Waals surface area contributed by atoms with E-state index in [1.54, 1.807) is 0 Å². The van der Waals surface area contributed by atoms with Crippen molar-refractivity contribution in [3.8, 4) is 0 Å². The van der Waals surface area contributed by atoms with E-state index in [1.165, 1.54) is 16.7 Å². The van der Waals surface area contributed by atoms with E-state index in [4.69, 9.17) is 0 Å². The quantitative estimate of drug-likeness (QED) is 0.596. The molecule has 4 nitrogen and oxygen atoms in total. The minimum Gasteiger partial charge on any atom is -0.388 e. The Morgan fingerprint density at radius 2 is 1.59 bits per heavy atom. The Hall–Kier alpha value is -0.550. The van der Waals surface area contributed by atoms with Crippen molar-refractivity contribution in [3.05, 3.63) is 0 Å². The molecular weight excluding hydrogens is 238 g/mol. The summed E-state index contributed by atoms with van der Waals surface area (Å²) in [5.41, 5.74) is -0.843. The highest BCUT2D eigenvalue weighted by Gasteiger charge is 2.36. The van der Waals surface area contributed by atoms with E-state index < -0.39 is 5.60 Å².